The number of rotatable bonds is 8. The summed E-state index contributed by atoms with van der Waals surface area (Å²) in [5.41, 5.74) is 2.23. The van der Waals surface area contributed by atoms with Crippen LogP contribution in [-0.4, -0.2) is 18.5 Å². The maximum atomic E-state index is 12.1. The fraction of sp³-hybridized carbons (Fsp3) is 0.350. The highest BCUT2D eigenvalue weighted by Gasteiger charge is 2.10. The highest BCUT2D eigenvalue weighted by molar-refractivity contribution is 5.94. The minimum Gasteiger partial charge on any atom is -0.462 e. The minimum absolute atomic E-state index is 0.0930. The molecule has 1 heterocycles. The van der Waals surface area contributed by atoms with E-state index in [-0.39, 0.29) is 11.9 Å². The first-order valence-corrected chi connectivity index (χ1v) is 8.61. The van der Waals surface area contributed by atoms with Crippen molar-refractivity contribution in [2.24, 2.45) is 0 Å². The molecule has 0 saturated carbocycles. The second kappa shape index (κ2) is 9.57. The fourth-order valence-electron chi connectivity index (χ4n) is 2.25. The molecule has 5 nitrogen and oxygen atoms in total. The van der Waals surface area contributed by atoms with E-state index in [1.54, 1.807) is 24.3 Å². The monoisotopic (exact) mass is 341 g/mol. The number of unbranched alkanes of at least 4 members (excludes halogenated alkanes) is 1. The Balaban J connectivity index is 1.86. The Kier molecular flexibility index (Phi) is 7.14. The lowest BCUT2D eigenvalue weighted by Crippen LogP contribution is -2.34. The summed E-state index contributed by atoms with van der Waals surface area (Å²) in [6.07, 6.45) is 6.09. The van der Waals surface area contributed by atoms with Crippen molar-refractivity contribution < 1.29 is 18.9 Å². The number of aromatic nitrogens is 1. The molecule has 0 aliphatic heterocycles. The van der Waals surface area contributed by atoms with Crippen LogP contribution in [-0.2, 0) is 16.1 Å². The van der Waals surface area contributed by atoms with Crippen LogP contribution in [0.5, 0.6) is 0 Å². The summed E-state index contributed by atoms with van der Waals surface area (Å²) in [4.78, 5) is 24.1. The molecular formula is C20H25N2O3+. The van der Waals surface area contributed by atoms with E-state index in [0.717, 1.165) is 12.8 Å². The number of nitrogens with zero attached hydrogens (tertiary/aromatic N) is 1. The lowest BCUT2D eigenvalue weighted by atomic mass is 10.2. The van der Waals surface area contributed by atoms with Crippen LogP contribution in [0.25, 0.3) is 0 Å². The zero-order valence-electron chi connectivity index (χ0n) is 14.8. The van der Waals surface area contributed by atoms with Gasteiger partial charge >= 0.3 is 5.97 Å². The van der Waals surface area contributed by atoms with Gasteiger partial charge < -0.3 is 10.1 Å². The number of amides is 1. The van der Waals surface area contributed by atoms with E-state index in [0.29, 0.717) is 30.8 Å². The molecule has 0 atom stereocenters. The first-order valence-electron chi connectivity index (χ1n) is 8.61. The average molecular weight is 341 g/mol. The highest BCUT2D eigenvalue weighted by atomic mass is 16.5. The first kappa shape index (κ1) is 18.6. The van der Waals surface area contributed by atoms with Crippen molar-refractivity contribution in [1.29, 1.82) is 0 Å². The van der Waals surface area contributed by atoms with E-state index in [9.17, 15) is 9.59 Å². The van der Waals surface area contributed by atoms with Crippen LogP contribution in [0.2, 0.25) is 0 Å². The van der Waals surface area contributed by atoms with Crippen molar-refractivity contribution in [2.75, 3.05) is 11.9 Å². The van der Waals surface area contributed by atoms with E-state index >= 15 is 0 Å². The van der Waals surface area contributed by atoms with Gasteiger partial charge in [0, 0.05) is 17.8 Å². The van der Waals surface area contributed by atoms with Gasteiger partial charge in [0.15, 0.2) is 18.9 Å². The highest BCUT2D eigenvalue weighted by Crippen LogP contribution is 2.12. The normalized spacial score (nSPS) is 10.3. The molecule has 0 bridgehead atoms. The van der Waals surface area contributed by atoms with E-state index in [2.05, 4.69) is 5.32 Å². The van der Waals surface area contributed by atoms with E-state index in [1.165, 1.54) is 5.56 Å². The number of hydrogen-bond donors (Lipinski definition) is 1. The molecule has 0 fully saturated rings. The quantitative estimate of drug-likeness (QED) is 0.455. The molecule has 0 saturated heterocycles. The van der Waals surface area contributed by atoms with Gasteiger partial charge in [-0.15, -0.1) is 0 Å². The Morgan fingerprint density at radius 1 is 1.16 bits per heavy atom. The van der Waals surface area contributed by atoms with Crippen LogP contribution in [0.15, 0.2) is 48.8 Å². The lowest BCUT2D eigenvalue weighted by molar-refractivity contribution is -0.695. The van der Waals surface area contributed by atoms with Gasteiger partial charge in [-0.1, -0.05) is 19.4 Å². The Hall–Kier alpha value is -2.69. The Morgan fingerprint density at radius 3 is 2.64 bits per heavy atom. The SMILES string of the molecule is CCCCOC(=O)c1cccc(NC(=O)CC[n+]2ccc(C)cc2)c1. The third-order valence-electron chi connectivity index (χ3n) is 3.77. The standard InChI is InChI=1S/C20H24N2O3/c1-3-4-14-25-20(24)17-6-5-7-18(15-17)21-19(23)10-13-22-11-8-16(2)9-12-22/h5-9,11-12,15H,3-4,10,13-14H2,1-2H3/p+1. The van der Waals surface area contributed by atoms with Crippen LogP contribution in [0.4, 0.5) is 5.69 Å². The van der Waals surface area contributed by atoms with Crippen LogP contribution < -0.4 is 9.88 Å². The molecule has 0 unspecified atom stereocenters. The largest absolute Gasteiger partial charge is 0.462 e. The number of carbonyl (C=O) groups is 2. The predicted molar refractivity (Wildman–Crippen MR) is 96.3 cm³/mol. The van der Waals surface area contributed by atoms with E-state index < -0.39 is 0 Å². The average Bonchev–Trinajstić information content (AvgIpc) is 2.61. The number of carbonyl (C=O) groups excluding carboxylic acids is 2. The predicted octanol–water partition coefficient (Wildman–Crippen LogP) is 3.27. The van der Waals surface area contributed by atoms with Gasteiger partial charge in [-0.05, 0) is 37.1 Å². The zero-order valence-corrected chi connectivity index (χ0v) is 14.8. The molecule has 1 amide bonds. The number of benzene rings is 1. The summed E-state index contributed by atoms with van der Waals surface area (Å²) in [5, 5.41) is 2.83. The molecule has 1 N–H and O–H groups in total. The van der Waals surface area contributed by atoms with Gasteiger partial charge in [0.05, 0.1) is 18.6 Å². The fourth-order valence-corrected chi connectivity index (χ4v) is 2.25. The van der Waals surface area contributed by atoms with Crippen molar-refractivity contribution in [3.63, 3.8) is 0 Å². The molecule has 2 aromatic rings. The number of pyridine rings is 1. The zero-order chi connectivity index (χ0) is 18.1. The molecular weight excluding hydrogens is 316 g/mol. The van der Waals surface area contributed by atoms with Gasteiger partial charge in [-0.2, -0.15) is 0 Å². The molecule has 132 valence electrons. The molecule has 1 aromatic carbocycles. The van der Waals surface area contributed by atoms with Crippen molar-refractivity contribution in [3.05, 3.63) is 59.9 Å². The summed E-state index contributed by atoms with van der Waals surface area (Å²) < 4.78 is 7.15. The van der Waals surface area contributed by atoms with Crippen molar-refractivity contribution in [2.45, 2.75) is 39.7 Å². The summed E-state index contributed by atoms with van der Waals surface area (Å²) in [6, 6.07) is 10.8. The Bertz CT molecular complexity index is 711. The van der Waals surface area contributed by atoms with Gasteiger partial charge in [0.2, 0.25) is 5.91 Å². The van der Waals surface area contributed by atoms with Crippen molar-refractivity contribution >= 4 is 17.6 Å². The molecule has 2 rings (SSSR count). The van der Waals surface area contributed by atoms with Gasteiger partial charge in [-0.25, -0.2) is 9.36 Å². The number of aryl methyl sites for hydroxylation is 2. The topological polar surface area (TPSA) is 59.3 Å². The summed E-state index contributed by atoms with van der Waals surface area (Å²) in [7, 11) is 0. The Morgan fingerprint density at radius 2 is 1.92 bits per heavy atom. The summed E-state index contributed by atoms with van der Waals surface area (Å²) in [6.45, 7) is 5.08. The molecule has 0 aliphatic rings. The molecule has 0 spiro atoms. The number of esters is 1. The number of ether oxygens (including phenoxy) is 1. The van der Waals surface area contributed by atoms with Gasteiger partial charge in [0.1, 0.15) is 0 Å². The second-order valence-corrected chi connectivity index (χ2v) is 5.98. The second-order valence-electron chi connectivity index (χ2n) is 5.98. The van der Waals surface area contributed by atoms with Crippen molar-refractivity contribution in [3.8, 4) is 0 Å². The molecule has 5 heteroatoms. The molecule has 25 heavy (non-hydrogen) atoms. The van der Waals surface area contributed by atoms with Crippen LogP contribution in [0.3, 0.4) is 0 Å². The van der Waals surface area contributed by atoms with Gasteiger partial charge in [-0.3, -0.25) is 4.79 Å². The van der Waals surface area contributed by atoms with Crippen LogP contribution in [0.1, 0.15) is 42.1 Å². The van der Waals surface area contributed by atoms with Gasteiger partial charge in [0.25, 0.3) is 0 Å². The Labute approximate surface area is 148 Å². The van der Waals surface area contributed by atoms with Crippen LogP contribution >= 0.6 is 0 Å². The number of hydrogen-bond acceptors (Lipinski definition) is 3. The minimum atomic E-state index is -0.361. The maximum Gasteiger partial charge on any atom is 0.338 e. The third-order valence-corrected chi connectivity index (χ3v) is 3.77. The molecule has 0 radical (unpaired) electrons. The smallest absolute Gasteiger partial charge is 0.338 e. The summed E-state index contributed by atoms with van der Waals surface area (Å²) in [5.74, 6) is -0.454. The third kappa shape index (κ3) is 6.37. The first-order chi connectivity index (χ1) is 12.1. The maximum absolute atomic E-state index is 12.1. The number of anilines is 1. The van der Waals surface area contributed by atoms with Crippen molar-refractivity contribution in [1.82, 2.24) is 0 Å². The molecule has 0 aliphatic carbocycles. The molecule has 1 aromatic heterocycles. The van der Waals surface area contributed by atoms with E-state index in [4.69, 9.17) is 4.74 Å². The van der Waals surface area contributed by atoms with E-state index in [1.807, 2.05) is 42.9 Å². The lowest BCUT2D eigenvalue weighted by Gasteiger charge is -2.07. The van der Waals surface area contributed by atoms with Crippen LogP contribution in [0, 0.1) is 6.92 Å². The number of nitrogens with one attached hydrogen (secondary N) is 1. The summed E-state index contributed by atoms with van der Waals surface area (Å²) >= 11 is 0.